The van der Waals surface area contributed by atoms with E-state index in [9.17, 15) is 14.7 Å². The van der Waals surface area contributed by atoms with E-state index in [1.807, 2.05) is 36.4 Å². The third kappa shape index (κ3) is 4.56. The largest absolute Gasteiger partial charge is 0.378 e. The van der Waals surface area contributed by atoms with Crippen LogP contribution in [0.1, 0.15) is 77.9 Å². The summed E-state index contributed by atoms with van der Waals surface area (Å²) < 4.78 is 0. The molecule has 1 amide bonds. The number of benzene rings is 3. The highest BCUT2D eigenvalue weighted by Crippen LogP contribution is 2.52. The molecule has 40 heavy (non-hydrogen) atoms. The van der Waals surface area contributed by atoms with Crippen LogP contribution < -0.4 is 5.56 Å². The van der Waals surface area contributed by atoms with Crippen LogP contribution in [0.4, 0.5) is 0 Å². The summed E-state index contributed by atoms with van der Waals surface area (Å²) in [5, 5.41) is 11.2. The number of aliphatic hydroxyl groups is 1. The summed E-state index contributed by atoms with van der Waals surface area (Å²) in [6.45, 7) is 0.614. The Morgan fingerprint density at radius 3 is 2.48 bits per heavy atom. The van der Waals surface area contributed by atoms with Crippen LogP contribution in [0.15, 0.2) is 83.7 Å². The van der Waals surface area contributed by atoms with Crippen molar-refractivity contribution in [2.24, 2.45) is 0 Å². The number of aromatic nitrogens is 2. The second-order valence-electron chi connectivity index (χ2n) is 11.6. The summed E-state index contributed by atoms with van der Waals surface area (Å²) in [6, 6.07) is 26.4. The fourth-order valence-electron chi connectivity index (χ4n) is 6.17. The van der Waals surface area contributed by atoms with E-state index in [-0.39, 0.29) is 23.4 Å². The molecule has 3 aromatic carbocycles. The van der Waals surface area contributed by atoms with Crippen molar-refractivity contribution in [2.45, 2.75) is 62.5 Å². The Kier molecular flexibility index (Phi) is 6.16. The van der Waals surface area contributed by atoms with Crippen molar-refractivity contribution in [2.75, 3.05) is 6.54 Å². The fourth-order valence-corrected chi connectivity index (χ4v) is 6.17. The van der Waals surface area contributed by atoms with Gasteiger partial charge in [-0.3, -0.25) is 9.59 Å². The van der Waals surface area contributed by atoms with Gasteiger partial charge in [0.05, 0.1) is 23.2 Å². The molecule has 2 saturated carbocycles. The maximum atomic E-state index is 13.5. The van der Waals surface area contributed by atoms with E-state index in [1.165, 1.54) is 24.0 Å². The fraction of sp³-hybridized carbons (Fsp3) is 0.324. The van der Waals surface area contributed by atoms with Gasteiger partial charge in [0.15, 0.2) is 6.10 Å². The number of H-pyrrole nitrogens is 1. The lowest BCUT2D eigenvalue weighted by molar-refractivity contribution is -0.141. The molecular formula is C34H33N3O3. The van der Waals surface area contributed by atoms with Crippen molar-refractivity contribution in [1.82, 2.24) is 14.9 Å². The van der Waals surface area contributed by atoms with Crippen molar-refractivity contribution in [3.8, 4) is 11.1 Å². The van der Waals surface area contributed by atoms with Crippen molar-refractivity contribution in [3.05, 3.63) is 123 Å². The number of rotatable bonds is 6. The van der Waals surface area contributed by atoms with E-state index in [4.69, 9.17) is 4.98 Å². The third-order valence-electron chi connectivity index (χ3n) is 8.84. The van der Waals surface area contributed by atoms with E-state index >= 15 is 0 Å². The molecule has 1 atom stereocenters. The van der Waals surface area contributed by atoms with Gasteiger partial charge in [-0.05, 0) is 78.3 Å². The number of carbonyl (C=O) groups is 1. The summed E-state index contributed by atoms with van der Waals surface area (Å²) >= 11 is 0. The van der Waals surface area contributed by atoms with Crippen LogP contribution in [0.5, 0.6) is 0 Å². The first-order valence-corrected chi connectivity index (χ1v) is 14.4. The molecule has 7 rings (SSSR count). The van der Waals surface area contributed by atoms with Gasteiger partial charge in [0.2, 0.25) is 0 Å². The number of hydrogen-bond donors (Lipinski definition) is 2. The number of hydrogen-bond acceptors (Lipinski definition) is 4. The van der Waals surface area contributed by atoms with Gasteiger partial charge in [0.25, 0.3) is 11.5 Å². The molecule has 6 heteroatoms. The number of nitrogens with one attached hydrogen (secondary N) is 1. The zero-order valence-electron chi connectivity index (χ0n) is 22.5. The lowest BCUT2D eigenvalue weighted by Gasteiger charge is -2.24. The van der Waals surface area contributed by atoms with Crippen LogP contribution in [-0.2, 0) is 23.2 Å². The highest BCUT2D eigenvalue weighted by molar-refractivity contribution is 5.83. The standard InChI is InChI=1S/C34H33N3O3/c38-30(26-10-5-9-25(20-26)24-8-4-7-23(19-24)22-14-15-22)32(40)37-18-6-13-29-28(21-37)31(39)36-33(35-29)34(16-17-34)27-11-2-1-3-12-27/h1-5,7-12,19-20,22,30,38H,6,13-18,21H2,(H,35,36,39)/t30-/m1/s1. The predicted octanol–water partition coefficient (Wildman–Crippen LogP) is 5.40. The number of aromatic amines is 1. The zero-order valence-corrected chi connectivity index (χ0v) is 22.5. The first kappa shape index (κ1) is 25.0. The Balaban J connectivity index is 1.12. The lowest BCUT2D eigenvalue weighted by Crippen LogP contribution is -2.36. The maximum Gasteiger partial charge on any atom is 0.256 e. The molecule has 202 valence electrons. The van der Waals surface area contributed by atoms with Crippen LogP contribution in [0.2, 0.25) is 0 Å². The molecule has 2 aliphatic carbocycles. The van der Waals surface area contributed by atoms with Gasteiger partial charge < -0.3 is 15.0 Å². The van der Waals surface area contributed by atoms with Gasteiger partial charge in [-0.2, -0.15) is 0 Å². The summed E-state index contributed by atoms with van der Waals surface area (Å²) in [4.78, 5) is 36.5. The highest BCUT2D eigenvalue weighted by atomic mass is 16.3. The minimum Gasteiger partial charge on any atom is -0.378 e. The van der Waals surface area contributed by atoms with E-state index < -0.39 is 6.10 Å². The van der Waals surface area contributed by atoms with Gasteiger partial charge in [0, 0.05) is 6.54 Å². The normalized spacial score (nSPS) is 18.5. The topological polar surface area (TPSA) is 86.3 Å². The predicted molar refractivity (Wildman–Crippen MR) is 154 cm³/mol. The molecule has 2 N–H and O–H groups in total. The lowest BCUT2D eigenvalue weighted by atomic mass is 9.94. The Bertz CT molecular complexity index is 1640. The van der Waals surface area contributed by atoms with Crippen molar-refractivity contribution < 1.29 is 9.90 Å². The summed E-state index contributed by atoms with van der Waals surface area (Å²) in [6.07, 6.45) is 4.41. The molecule has 2 fully saturated rings. The molecule has 0 spiro atoms. The SMILES string of the molecule is O=C([C@H](O)c1cccc(-c2cccc(C3CC3)c2)c1)N1CCCc2nc(C3(c4ccccc4)CC3)[nH]c(=O)c2C1. The van der Waals surface area contributed by atoms with E-state index in [0.29, 0.717) is 36.4 Å². The van der Waals surface area contributed by atoms with E-state index in [1.54, 1.807) is 11.0 Å². The maximum absolute atomic E-state index is 13.5. The molecule has 4 aromatic rings. The Labute approximate surface area is 233 Å². The summed E-state index contributed by atoms with van der Waals surface area (Å²) in [5.41, 5.74) is 6.03. The molecule has 0 radical (unpaired) electrons. The first-order chi connectivity index (χ1) is 19.5. The van der Waals surface area contributed by atoms with Crippen LogP contribution in [0.3, 0.4) is 0 Å². The van der Waals surface area contributed by atoms with Crippen LogP contribution in [-0.4, -0.2) is 32.4 Å². The number of carbonyl (C=O) groups excluding carboxylic acids is 1. The Hall–Kier alpha value is -4.03. The average Bonchev–Trinajstić information content (AvgIpc) is 3.90. The summed E-state index contributed by atoms with van der Waals surface area (Å²) in [5.74, 6) is 0.996. The average molecular weight is 532 g/mol. The third-order valence-corrected chi connectivity index (χ3v) is 8.84. The van der Waals surface area contributed by atoms with E-state index in [2.05, 4.69) is 41.4 Å². The molecule has 1 aromatic heterocycles. The monoisotopic (exact) mass is 531 g/mol. The van der Waals surface area contributed by atoms with Crippen molar-refractivity contribution >= 4 is 5.91 Å². The number of aliphatic hydroxyl groups excluding tert-OH is 1. The van der Waals surface area contributed by atoms with E-state index in [0.717, 1.165) is 35.5 Å². The zero-order chi connectivity index (χ0) is 27.3. The van der Waals surface area contributed by atoms with Gasteiger partial charge in [0.1, 0.15) is 5.82 Å². The highest BCUT2D eigenvalue weighted by Gasteiger charge is 2.48. The van der Waals surface area contributed by atoms with Gasteiger partial charge >= 0.3 is 0 Å². The molecule has 0 unspecified atom stereocenters. The Morgan fingerprint density at radius 1 is 0.975 bits per heavy atom. The van der Waals surface area contributed by atoms with Gasteiger partial charge in [-0.1, -0.05) is 72.8 Å². The molecule has 3 aliphatic rings. The number of amides is 1. The molecular weight excluding hydrogens is 498 g/mol. The minimum atomic E-state index is -1.30. The summed E-state index contributed by atoms with van der Waals surface area (Å²) in [7, 11) is 0. The van der Waals surface area contributed by atoms with Crippen LogP contribution in [0, 0.1) is 0 Å². The van der Waals surface area contributed by atoms with Crippen molar-refractivity contribution in [3.63, 3.8) is 0 Å². The first-order valence-electron chi connectivity index (χ1n) is 14.4. The molecule has 2 heterocycles. The number of nitrogens with zero attached hydrogens (tertiary/aromatic N) is 2. The minimum absolute atomic E-state index is 0.148. The molecule has 6 nitrogen and oxygen atoms in total. The quantitative estimate of drug-likeness (QED) is 0.349. The number of fused-ring (bicyclic) bond motifs is 1. The second-order valence-corrected chi connectivity index (χ2v) is 11.6. The molecule has 0 bridgehead atoms. The molecule has 0 saturated heterocycles. The molecule has 1 aliphatic heterocycles. The smallest absolute Gasteiger partial charge is 0.256 e. The van der Waals surface area contributed by atoms with Crippen LogP contribution >= 0.6 is 0 Å². The number of aryl methyl sites for hydroxylation is 1. The van der Waals surface area contributed by atoms with Crippen LogP contribution in [0.25, 0.3) is 11.1 Å². The van der Waals surface area contributed by atoms with Gasteiger partial charge in [-0.15, -0.1) is 0 Å². The van der Waals surface area contributed by atoms with Crippen molar-refractivity contribution in [1.29, 1.82) is 0 Å². The second kappa shape index (κ2) is 9.86. The van der Waals surface area contributed by atoms with Gasteiger partial charge in [-0.25, -0.2) is 4.98 Å². The Morgan fingerprint density at radius 2 is 1.73 bits per heavy atom.